The zero-order valence-corrected chi connectivity index (χ0v) is 22.9. The van der Waals surface area contributed by atoms with Gasteiger partial charge < -0.3 is 19.5 Å². The highest BCUT2D eigenvalue weighted by Gasteiger charge is 2.29. The fourth-order valence-electron chi connectivity index (χ4n) is 4.04. The van der Waals surface area contributed by atoms with Crippen molar-refractivity contribution in [1.29, 1.82) is 0 Å². The molecule has 4 rings (SSSR count). The molecule has 1 N–H and O–H groups in total. The Morgan fingerprint density at radius 2 is 1.70 bits per heavy atom. The van der Waals surface area contributed by atoms with Gasteiger partial charge in [0.2, 0.25) is 0 Å². The Morgan fingerprint density at radius 1 is 0.925 bits per heavy atom. The fourth-order valence-corrected chi connectivity index (χ4v) is 4.04. The number of benzene rings is 3. The Labute approximate surface area is 233 Å². The lowest BCUT2D eigenvalue weighted by atomic mass is 10.1. The van der Waals surface area contributed by atoms with Crippen molar-refractivity contribution >= 4 is 40.9 Å². The van der Waals surface area contributed by atoms with E-state index in [9.17, 15) is 14.4 Å². The van der Waals surface area contributed by atoms with Crippen LogP contribution in [-0.4, -0.2) is 43.3 Å². The van der Waals surface area contributed by atoms with Crippen LogP contribution in [0, 0.1) is 6.92 Å². The van der Waals surface area contributed by atoms with Crippen molar-refractivity contribution in [2.45, 2.75) is 27.7 Å². The quantitative estimate of drug-likeness (QED) is 0.272. The summed E-state index contributed by atoms with van der Waals surface area (Å²) in [6.07, 6.45) is 1.73. The Balaban J connectivity index is 1.47. The Morgan fingerprint density at radius 3 is 2.40 bits per heavy atom. The maximum Gasteiger partial charge on any atom is 0.338 e. The van der Waals surface area contributed by atoms with Gasteiger partial charge in [0.25, 0.3) is 11.8 Å². The fraction of sp³-hybridized carbons (Fsp3) is 0.226. The van der Waals surface area contributed by atoms with Crippen LogP contribution in [0.1, 0.15) is 42.3 Å². The normalized spacial score (nSPS) is 13.7. The number of carbonyl (C=O) groups is 3. The van der Waals surface area contributed by atoms with Crippen LogP contribution in [0.25, 0.3) is 6.08 Å². The van der Waals surface area contributed by atoms with Gasteiger partial charge in [0.15, 0.2) is 18.1 Å². The third-order valence-electron chi connectivity index (χ3n) is 5.92. The molecule has 2 amide bonds. The number of rotatable bonds is 10. The van der Waals surface area contributed by atoms with Crippen LogP contribution < -0.4 is 19.8 Å². The van der Waals surface area contributed by atoms with Gasteiger partial charge in [-0.3, -0.25) is 9.59 Å². The smallest absolute Gasteiger partial charge is 0.338 e. The number of esters is 1. The summed E-state index contributed by atoms with van der Waals surface area (Å²) in [7, 11) is 0. The SMILES string of the molecule is CCOC(=O)c1ccc(N2N=C(C)/C(=C/c3ccc(OCC(=O)Nc4cccc(C)c4)c(OCC)c3)C2=O)cc1. The molecule has 0 spiro atoms. The van der Waals surface area contributed by atoms with Crippen molar-refractivity contribution < 1.29 is 28.6 Å². The van der Waals surface area contributed by atoms with Gasteiger partial charge in [-0.2, -0.15) is 10.1 Å². The van der Waals surface area contributed by atoms with E-state index in [2.05, 4.69) is 10.4 Å². The summed E-state index contributed by atoms with van der Waals surface area (Å²) >= 11 is 0. The summed E-state index contributed by atoms with van der Waals surface area (Å²) in [5, 5.41) is 8.52. The minimum Gasteiger partial charge on any atom is -0.490 e. The molecule has 0 atom stereocenters. The summed E-state index contributed by atoms with van der Waals surface area (Å²) in [6.45, 7) is 7.77. The van der Waals surface area contributed by atoms with Gasteiger partial charge in [0.05, 0.1) is 35.7 Å². The molecule has 3 aromatic carbocycles. The van der Waals surface area contributed by atoms with Crippen molar-refractivity contribution in [3.05, 3.63) is 89.0 Å². The van der Waals surface area contributed by atoms with Gasteiger partial charge in [0.1, 0.15) is 0 Å². The molecule has 0 radical (unpaired) electrons. The van der Waals surface area contributed by atoms with E-state index in [1.54, 1.807) is 62.4 Å². The molecule has 40 heavy (non-hydrogen) atoms. The first-order valence-electron chi connectivity index (χ1n) is 12.9. The predicted molar refractivity (Wildman–Crippen MR) is 154 cm³/mol. The van der Waals surface area contributed by atoms with Crippen molar-refractivity contribution in [3.8, 4) is 11.5 Å². The number of nitrogens with one attached hydrogen (secondary N) is 1. The lowest BCUT2D eigenvalue weighted by molar-refractivity contribution is -0.118. The molecule has 3 aromatic rings. The molecule has 206 valence electrons. The first-order valence-corrected chi connectivity index (χ1v) is 12.9. The summed E-state index contributed by atoms with van der Waals surface area (Å²) in [5.41, 5.74) is 4.34. The van der Waals surface area contributed by atoms with Crippen LogP contribution in [0.3, 0.4) is 0 Å². The monoisotopic (exact) mass is 541 g/mol. The first kappa shape index (κ1) is 28.1. The zero-order chi connectivity index (χ0) is 28.6. The molecule has 0 saturated heterocycles. The van der Waals surface area contributed by atoms with Gasteiger partial charge in [0, 0.05) is 5.69 Å². The highest BCUT2D eigenvalue weighted by atomic mass is 16.5. The van der Waals surface area contributed by atoms with Crippen molar-refractivity contribution in [2.24, 2.45) is 5.10 Å². The summed E-state index contributed by atoms with van der Waals surface area (Å²) in [6, 6.07) is 19.2. The standard InChI is InChI=1S/C31H31N3O6/c1-5-38-28-18-22(10-15-27(28)40-19-29(35)32-24-9-7-8-20(3)16-24)17-26-21(4)33-34(30(26)36)25-13-11-23(12-14-25)31(37)39-6-2/h7-18H,5-6,19H2,1-4H3,(H,32,35)/b26-17-. The number of hydrogen-bond acceptors (Lipinski definition) is 7. The second-order valence-electron chi connectivity index (χ2n) is 8.97. The van der Waals surface area contributed by atoms with E-state index in [0.717, 1.165) is 5.56 Å². The summed E-state index contributed by atoms with van der Waals surface area (Å²) < 4.78 is 16.5. The second-order valence-corrected chi connectivity index (χ2v) is 8.97. The van der Waals surface area contributed by atoms with Gasteiger partial charge in [-0.1, -0.05) is 18.2 Å². The van der Waals surface area contributed by atoms with Gasteiger partial charge in [-0.05, 0) is 93.4 Å². The maximum absolute atomic E-state index is 13.2. The van der Waals surface area contributed by atoms with Crippen molar-refractivity contribution in [2.75, 3.05) is 30.1 Å². The average molecular weight is 542 g/mol. The Bertz CT molecular complexity index is 1480. The van der Waals surface area contributed by atoms with E-state index >= 15 is 0 Å². The minimum absolute atomic E-state index is 0.192. The molecule has 9 heteroatoms. The molecular weight excluding hydrogens is 510 g/mol. The van der Waals surface area contributed by atoms with Gasteiger partial charge in [-0.15, -0.1) is 0 Å². The number of aryl methyl sites for hydroxylation is 1. The van der Waals surface area contributed by atoms with Crippen LogP contribution in [0.15, 0.2) is 77.4 Å². The molecule has 0 fully saturated rings. The number of anilines is 2. The average Bonchev–Trinajstić information content (AvgIpc) is 3.21. The molecule has 9 nitrogen and oxygen atoms in total. The highest BCUT2D eigenvalue weighted by molar-refractivity contribution is 6.32. The molecule has 1 aliphatic heterocycles. The molecule has 0 unspecified atom stereocenters. The number of amides is 2. The van der Waals surface area contributed by atoms with E-state index in [-0.39, 0.29) is 25.0 Å². The van der Waals surface area contributed by atoms with E-state index in [0.29, 0.717) is 51.9 Å². The first-order chi connectivity index (χ1) is 19.3. The van der Waals surface area contributed by atoms with E-state index in [4.69, 9.17) is 14.2 Å². The molecule has 0 bridgehead atoms. The maximum atomic E-state index is 13.2. The molecule has 1 heterocycles. The summed E-state index contributed by atoms with van der Waals surface area (Å²) in [5.74, 6) is -0.154. The molecule has 0 aliphatic carbocycles. The van der Waals surface area contributed by atoms with Crippen molar-refractivity contribution in [1.82, 2.24) is 0 Å². The lowest BCUT2D eigenvalue weighted by Crippen LogP contribution is -2.21. The van der Waals surface area contributed by atoms with Crippen LogP contribution in [0.2, 0.25) is 0 Å². The molecular formula is C31H31N3O6. The second kappa shape index (κ2) is 12.8. The van der Waals surface area contributed by atoms with E-state index in [1.165, 1.54) is 5.01 Å². The third-order valence-corrected chi connectivity index (χ3v) is 5.92. The Kier molecular flexibility index (Phi) is 8.96. The molecule has 1 aliphatic rings. The number of carbonyl (C=O) groups excluding carboxylic acids is 3. The predicted octanol–water partition coefficient (Wildman–Crippen LogP) is 5.39. The topological polar surface area (TPSA) is 107 Å². The van der Waals surface area contributed by atoms with Crippen LogP contribution >= 0.6 is 0 Å². The largest absolute Gasteiger partial charge is 0.490 e. The van der Waals surface area contributed by atoms with Gasteiger partial charge >= 0.3 is 5.97 Å². The van der Waals surface area contributed by atoms with E-state index in [1.807, 2.05) is 38.1 Å². The molecule has 0 saturated carbocycles. The zero-order valence-electron chi connectivity index (χ0n) is 22.9. The van der Waals surface area contributed by atoms with Crippen LogP contribution in [0.4, 0.5) is 11.4 Å². The number of hydrogen-bond donors (Lipinski definition) is 1. The minimum atomic E-state index is -0.425. The molecule has 0 aromatic heterocycles. The number of nitrogens with zero attached hydrogens (tertiary/aromatic N) is 2. The van der Waals surface area contributed by atoms with Crippen molar-refractivity contribution in [3.63, 3.8) is 0 Å². The lowest BCUT2D eigenvalue weighted by Gasteiger charge is -2.13. The number of hydrazone groups is 1. The van der Waals surface area contributed by atoms with E-state index < -0.39 is 5.97 Å². The van der Waals surface area contributed by atoms with Crippen LogP contribution in [-0.2, 0) is 14.3 Å². The number of ether oxygens (including phenoxy) is 3. The van der Waals surface area contributed by atoms with Gasteiger partial charge in [-0.25, -0.2) is 4.79 Å². The summed E-state index contributed by atoms with van der Waals surface area (Å²) in [4.78, 5) is 37.5. The third kappa shape index (κ3) is 6.74. The van der Waals surface area contributed by atoms with Crippen LogP contribution in [0.5, 0.6) is 11.5 Å². The highest BCUT2D eigenvalue weighted by Crippen LogP contribution is 2.31. The Hall–Kier alpha value is -4.92.